The molecule has 0 saturated carbocycles. The van der Waals surface area contributed by atoms with Crippen LogP contribution >= 0.6 is 0 Å². The van der Waals surface area contributed by atoms with Crippen LogP contribution in [0.25, 0.3) is 22.6 Å². The zero-order chi connectivity index (χ0) is 18.9. The summed E-state index contributed by atoms with van der Waals surface area (Å²) in [5, 5.41) is 3.90. The standard InChI is InChI=1S/C24H18N2O2/c27-24-19(18-9-4-5-10-20(18)26-24)13-17-14-25-21-11-6-12-22(23(17)21)28-15-16-7-2-1-3-8-16/h1-14,25H,15H2,(H,26,27)/b19-13+. The number of anilines is 1. The van der Waals surface area contributed by atoms with Gasteiger partial charge in [-0.1, -0.05) is 54.6 Å². The molecular weight excluding hydrogens is 348 g/mol. The molecule has 0 fully saturated rings. The van der Waals surface area contributed by atoms with Gasteiger partial charge in [0.2, 0.25) is 0 Å². The number of benzene rings is 3. The Morgan fingerprint density at radius 3 is 2.61 bits per heavy atom. The van der Waals surface area contributed by atoms with Gasteiger partial charge < -0.3 is 15.0 Å². The summed E-state index contributed by atoms with van der Waals surface area (Å²) in [7, 11) is 0. The number of rotatable bonds is 4. The number of nitrogens with one attached hydrogen (secondary N) is 2. The number of aromatic amines is 1. The number of hydrogen-bond donors (Lipinski definition) is 2. The van der Waals surface area contributed by atoms with Gasteiger partial charge in [-0.2, -0.15) is 0 Å². The molecule has 5 rings (SSSR count). The van der Waals surface area contributed by atoms with Gasteiger partial charge >= 0.3 is 0 Å². The molecule has 1 aromatic heterocycles. The van der Waals surface area contributed by atoms with E-state index >= 15 is 0 Å². The van der Waals surface area contributed by atoms with Crippen LogP contribution in [0.2, 0.25) is 0 Å². The Bertz CT molecular complexity index is 1210. The van der Waals surface area contributed by atoms with Crippen LogP contribution in [0, 0.1) is 0 Å². The number of carbonyl (C=O) groups is 1. The molecule has 1 aliphatic heterocycles. The van der Waals surface area contributed by atoms with E-state index in [1.165, 1.54) is 0 Å². The lowest BCUT2D eigenvalue weighted by Gasteiger charge is -2.08. The van der Waals surface area contributed by atoms with Crippen LogP contribution in [-0.2, 0) is 11.4 Å². The normalized spacial score (nSPS) is 14.3. The summed E-state index contributed by atoms with van der Waals surface area (Å²) in [5.41, 5.74) is 5.45. The van der Waals surface area contributed by atoms with Gasteiger partial charge in [-0.15, -0.1) is 0 Å². The van der Waals surface area contributed by atoms with Gasteiger partial charge in [0.15, 0.2) is 0 Å². The van der Waals surface area contributed by atoms with Crippen molar-refractivity contribution in [1.29, 1.82) is 0 Å². The molecule has 0 radical (unpaired) electrons. The molecule has 0 aliphatic carbocycles. The molecular formula is C24H18N2O2. The predicted octanol–water partition coefficient (Wildman–Crippen LogP) is 5.24. The molecule has 0 unspecified atom stereocenters. The molecule has 2 heterocycles. The van der Waals surface area contributed by atoms with Gasteiger partial charge in [-0.25, -0.2) is 0 Å². The van der Waals surface area contributed by atoms with Gasteiger partial charge in [0.05, 0.1) is 0 Å². The molecule has 1 amide bonds. The molecule has 136 valence electrons. The van der Waals surface area contributed by atoms with Gasteiger partial charge in [-0.3, -0.25) is 4.79 Å². The summed E-state index contributed by atoms with van der Waals surface area (Å²) in [4.78, 5) is 15.8. The average molecular weight is 366 g/mol. The third-order valence-electron chi connectivity index (χ3n) is 4.95. The molecule has 1 aliphatic rings. The van der Waals surface area contributed by atoms with Gasteiger partial charge in [0, 0.05) is 39.5 Å². The predicted molar refractivity (Wildman–Crippen MR) is 112 cm³/mol. The molecule has 28 heavy (non-hydrogen) atoms. The van der Waals surface area contributed by atoms with Crippen molar-refractivity contribution in [3.8, 4) is 5.75 Å². The fraction of sp³-hybridized carbons (Fsp3) is 0.0417. The van der Waals surface area contributed by atoms with E-state index in [9.17, 15) is 4.79 Å². The molecule has 0 spiro atoms. The third-order valence-corrected chi connectivity index (χ3v) is 4.95. The number of carbonyl (C=O) groups excluding carboxylic acids is 1. The molecule has 4 nitrogen and oxygen atoms in total. The second kappa shape index (κ2) is 6.74. The Balaban J connectivity index is 1.55. The largest absolute Gasteiger partial charge is 0.488 e. The monoisotopic (exact) mass is 366 g/mol. The number of amides is 1. The quantitative estimate of drug-likeness (QED) is 0.485. The maximum absolute atomic E-state index is 12.5. The van der Waals surface area contributed by atoms with Crippen LogP contribution in [0.15, 0.2) is 79.0 Å². The Hall–Kier alpha value is -3.79. The summed E-state index contributed by atoms with van der Waals surface area (Å²) in [6.45, 7) is 0.491. The van der Waals surface area contributed by atoms with Crippen LogP contribution in [-0.4, -0.2) is 10.9 Å². The minimum Gasteiger partial charge on any atom is -0.488 e. The first-order valence-corrected chi connectivity index (χ1v) is 9.19. The zero-order valence-electron chi connectivity index (χ0n) is 15.1. The summed E-state index contributed by atoms with van der Waals surface area (Å²) in [6.07, 6.45) is 3.84. The summed E-state index contributed by atoms with van der Waals surface area (Å²) in [5.74, 6) is 0.708. The lowest BCUT2D eigenvalue weighted by atomic mass is 10.0. The molecule has 0 atom stereocenters. The SMILES string of the molecule is O=C1Nc2ccccc2/C1=C\c1c[nH]c2cccc(OCc3ccccc3)c12. The first-order chi connectivity index (χ1) is 13.8. The minimum atomic E-state index is -0.0850. The maximum atomic E-state index is 12.5. The van der Waals surface area contributed by atoms with Crippen molar-refractivity contribution in [2.24, 2.45) is 0 Å². The number of hydrogen-bond acceptors (Lipinski definition) is 2. The van der Waals surface area contributed by atoms with E-state index in [0.29, 0.717) is 12.2 Å². The fourth-order valence-electron chi connectivity index (χ4n) is 3.58. The Morgan fingerprint density at radius 1 is 0.893 bits per heavy atom. The smallest absolute Gasteiger partial charge is 0.256 e. The molecule has 2 N–H and O–H groups in total. The first kappa shape index (κ1) is 16.4. The highest BCUT2D eigenvalue weighted by atomic mass is 16.5. The summed E-state index contributed by atoms with van der Waals surface area (Å²) in [6, 6.07) is 23.7. The van der Waals surface area contributed by atoms with Crippen molar-refractivity contribution in [3.05, 3.63) is 95.7 Å². The molecule has 3 aromatic carbocycles. The van der Waals surface area contributed by atoms with Crippen molar-refractivity contribution in [2.45, 2.75) is 6.61 Å². The topological polar surface area (TPSA) is 54.1 Å². The first-order valence-electron chi connectivity index (χ1n) is 9.19. The van der Waals surface area contributed by atoms with Crippen molar-refractivity contribution >= 4 is 34.1 Å². The van der Waals surface area contributed by atoms with Crippen molar-refractivity contribution in [2.75, 3.05) is 5.32 Å². The van der Waals surface area contributed by atoms with E-state index in [0.717, 1.165) is 39.0 Å². The second-order valence-electron chi connectivity index (χ2n) is 6.75. The average Bonchev–Trinajstić information content (AvgIpc) is 3.29. The minimum absolute atomic E-state index is 0.0850. The van der Waals surface area contributed by atoms with E-state index in [4.69, 9.17) is 4.74 Å². The summed E-state index contributed by atoms with van der Waals surface area (Å²) < 4.78 is 6.12. The molecule has 4 aromatic rings. The van der Waals surface area contributed by atoms with Crippen molar-refractivity contribution in [1.82, 2.24) is 4.98 Å². The number of H-pyrrole nitrogens is 1. The van der Waals surface area contributed by atoms with E-state index < -0.39 is 0 Å². The van der Waals surface area contributed by atoms with Crippen LogP contribution < -0.4 is 10.1 Å². The van der Waals surface area contributed by atoms with Gasteiger partial charge in [0.25, 0.3) is 5.91 Å². The lowest BCUT2D eigenvalue weighted by molar-refractivity contribution is -0.110. The number of aromatic nitrogens is 1. The van der Waals surface area contributed by atoms with Crippen molar-refractivity contribution in [3.63, 3.8) is 0 Å². The molecule has 4 heteroatoms. The van der Waals surface area contributed by atoms with E-state index in [-0.39, 0.29) is 5.91 Å². The molecule has 0 saturated heterocycles. The van der Waals surface area contributed by atoms with Crippen LogP contribution in [0.5, 0.6) is 5.75 Å². The summed E-state index contributed by atoms with van der Waals surface area (Å²) >= 11 is 0. The lowest BCUT2D eigenvalue weighted by Crippen LogP contribution is -2.03. The highest BCUT2D eigenvalue weighted by molar-refractivity contribution is 6.35. The Kier molecular flexibility index (Phi) is 3.95. The third kappa shape index (κ3) is 2.85. The number of ether oxygens (including phenoxy) is 1. The van der Waals surface area contributed by atoms with E-state index in [2.05, 4.69) is 10.3 Å². The zero-order valence-corrected chi connectivity index (χ0v) is 15.1. The van der Waals surface area contributed by atoms with Gasteiger partial charge in [-0.05, 0) is 29.8 Å². The fourth-order valence-corrected chi connectivity index (χ4v) is 3.58. The number of para-hydroxylation sites is 1. The van der Waals surface area contributed by atoms with Crippen LogP contribution in [0.1, 0.15) is 16.7 Å². The Morgan fingerprint density at radius 2 is 1.71 bits per heavy atom. The van der Waals surface area contributed by atoms with E-state index in [1.54, 1.807) is 0 Å². The Labute approximate surface area is 162 Å². The van der Waals surface area contributed by atoms with Crippen molar-refractivity contribution < 1.29 is 9.53 Å². The van der Waals surface area contributed by atoms with Crippen LogP contribution in [0.3, 0.4) is 0 Å². The van der Waals surface area contributed by atoms with E-state index in [1.807, 2.05) is 85.1 Å². The van der Waals surface area contributed by atoms with Gasteiger partial charge in [0.1, 0.15) is 12.4 Å². The molecule has 0 bridgehead atoms. The van der Waals surface area contributed by atoms with Crippen LogP contribution in [0.4, 0.5) is 5.69 Å². The second-order valence-corrected chi connectivity index (χ2v) is 6.75. The maximum Gasteiger partial charge on any atom is 0.256 e. The highest BCUT2D eigenvalue weighted by Gasteiger charge is 2.24. The highest BCUT2D eigenvalue weighted by Crippen LogP contribution is 2.36. The number of fused-ring (bicyclic) bond motifs is 2.